The topological polar surface area (TPSA) is 184 Å². The summed E-state index contributed by atoms with van der Waals surface area (Å²) in [5, 5.41) is 5.53. The van der Waals surface area contributed by atoms with E-state index in [1.165, 1.54) is 25.4 Å². The number of nitrogens with one attached hydrogen (secondary N) is 4. The Morgan fingerprint density at radius 1 is 0.828 bits per heavy atom. The van der Waals surface area contributed by atoms with Gasteiger partial charge in [0.25, 0.3) is 0 Å². The van der Waals surface area contributed by atoms with Gasteiger partial charge in [-0.1, -0.05) is 51.1 Å². The molecule has 15 heteroatoms. The van der Waals surface area contributed by atoms with Gasteiger partial charge in [0, 0.05) is 26.3 Å². The molecular weight excluding hydrogens is 741 g/mol. The second-order valence-electron chi connectivity index (χ2n) is 16.7. The van der Waals surface area contributed by atoms with Crippen LogP contribution in [-0.2, 0) is 29.2 Å². The molecule has 4 N–H and O–H groups in total. The number of hydrogen-bond acceptors (Lipinski definition) is 9. The van der Waals surface area contributed by atoms with E-state index in [4.69, 9.17) is 24.2 Å². The summed E-state index contributed by atoms with van der Waals surface area (Å²) in [7, 11) is 2.61. The summed E-state index contributed by atoms with van der Waals surface area (Å²) in [4.78, 5) is 72.1. The van der Waals surface area contributed by atoms with E-state index < -0.39 is 24.3 Å². The number of likely N-dealkylation sites (tertiary alicyclic amines) is 2. The Morgan fingerprint density at radius 3 is 2.00 bits per heavy atom. The zero-order valence-corrected chi connectivity index (χ0v) is 34.3. The first-order chi connectivity index (χ1) is 28.0. The number of methoxy groups -OCH3 is 2. The zero-order chi connectivity index (χ0) is 41.0. The number of imidazole rings is 2. The van der Waals surface area contributed by atoms with Crippen molar-refractivity contribution >= 4 is 29.6 Å². The number of ether oxygens (including phenoxy) is 3. The number of carbonyl (C=O) groups excluding carboxylic acids is 4. The van der Waals surface area contributed by atoms with Crippen molar-refractivity contribution in [2.45, 2.75) is 108 Å². The molecule has 5 heterocycles. The maximum atomic E-state index is 14.0. The normalized spacial score (nSPS) is 23.7. The highest BCUT2D eigenvalue weighted by molar-refractivity contribution is 5.87. The van der Waals surface area contributed by atoms with Gasteiger partial charge in [0.1, 0.15) is 23.7 Å². The second kappa shape index (κ2) is 17.8. The van der Waals surface area contributed by atoms with Gasteiger partial charge in [-0.3, -0.25) is 9.59 Å². The summed E-state index contributed by atoms with van der Waals surface area (Å²) < 4.78 is 15.2. The average Bonchev–Trinajstić information content (AvgIpc) is 4.09. The standard InChI is InChI=1S/C43H58N8O7/c1-26(2)35(48-41(54)56-4)39(52)50-20-6-8-33(50)37-44-24-31(46-37)27-10-12-30(13-11-27)43(3)18-14-28(15-19-43)32-25-45-38(47-32)34-9-7-21-51(34)40(53)36(49-42(55)57-5)29-16-22-58-23-17-29/h10-14,24-26,29,33-36H,6-9,15-23H2,1-5H3,(H,44,46)(H,45,47)(H,48,54)(H,49,55)/t33-,34-,35-,36-,43?/m0/s1. The molecule has 1 aliphatic carbocycles. The van der Waals surface area contributed by atoms with Crippen LogP contribution in [-0.4, -0.2) is 106 Å². The minimum absolute atomic E-state index is 0.0144. The minimum Gasteiger partial charge on any atom is -0.453 e. The van der Waals surface area contributed by atoms with Crippen LogP contribution in [0, 0.1) is 11.8 Å². The highest BCUT2D eigenvalue weighted by Crippen LogP contribution is 2.42. The van der Waals surface area contributed by atoms with Crippen LogP contribution in [0.5, 0.6) is 0 Å². The Bertz CT molecular complexity index is 1970. The van der Waals surface area contributed by atoms with Crippen LogP contribution in [0.4, 0.5) is 9.59 Å². The lowest BCUT2D eigenvalue weighted by Gasteiger charge is -2.34. The highest BCUT2D eigenvalue weighted by Gasteiger charge is 2.41. The molecule has 7 rings (SSSR count). The average molecular weight is 799 g/mol. The third-order valence-electron chi connectivity index (χ3n) is 12.7. The van der Waals surface area contributed by atoms with Crippen LogP contribution in [0.15, 0.2) is 42.7 Å². The predicted molar refractivity (Wildman–Crippen MR) is 216 cm³/mol. The lowest BCUT2D eigenvalue weighted by molar-refractivity contribution is -0.137. The van der Waals surface area contributed by atoms with Crippen molar-refractivity contribution in [1.29, 1.82) is 0 Å². The molecule has 3 aromatic rings. The molecule has 0 radical (unpaired) electrons. The molecule has 5 atom stereocenters. The molecule has 2 aromatic heterocycles. The first kappa shape index (κ1) is 41.0. The van der Waals surface area contributed by atoms with Gasteiger partial charge in [-0.05, 0) is 91.7 Å². The number of allylic oxidation sites excluding steroid dienone is 2. The quantitative estimate of drug-likeness (QED) is 0.176. The van der Waals surface area contributed by atoms with Gasteiger partial charge in [-0.15, -0.1) is 0 Å². The van der Waals surface area contributed by atoms with E-state index in [1.807, 2.05) is 36.0 Å². The number of nitrogens with zero attached hydrogens (tertiary/aromatic N) is 4. The summed E-state index contributed by atoms with van der Waals surface area (Å²) in [5.74, 6) is 1.18. The van der Waals surface area contributed by atoms with Crippen LogP contribution < -0.4 is 10.6 Å². The molecule has 3 saturated heterocycles. The number of carbonyl (C=O) groups is 4. The van der Waals surface area contributed by atoms with Gasteiger partial charge in [-0.25, -0.2) is 19.6 Å². The molecular formula is C43H58N8O7. The summed E-state index contributed by atoms with van der Waals surface area (Å²) in [6.45, 7) is 8.48. The number of H-pyrrole nitrogens is 2. The summed E-state index contributed by atoms with van der Waals surface area (Å²) in [6, 6.07) is 6.94. The predicted octanol–water partition coefficient (Wildman–Crippen LogP) is 6.18. The van der Waals surface area contributed by atoms with Crippen molar-refractivity contribution in [1.82, 2.24) is 40.4 Å². The molecule has 15 nitrogen and oxygen atoms in total. The van der Waals surface area contributed by atoms with Gasteiger partial charge < -0.3 is 44.6 Å². The van der Waals surface area contributed by atoms with Gasteiger partial charge >= 0.3 is 12.2 Å². The Morgan fingerprint density at radius 2 is 1.41 bits per heavy atom. The van der Waals surface area contributed by atoms with Crippen molar-refractivity contribution in [3.63, 3.8) is 0 Å². The number of aromatic nitrogens is 4. The number of rotatable bonds is 11. The maximum absolute atomic E-state index is 14.0. The van der Waals surface area contributed by atoms with Crippen LogP contribution in [0.3, 0.4) is 0 Å². The molecule has 1 aromatic carbocycles. The maximum Gasteiger partial charge on any atom is 0.407 e. The minimum atomic E-state index is -0.682. The van der Waals surface area contributed by atoms with Crippen LogP contribution >= 0.6 is 0 Å². The third kappa shape index (κ3) is 8.64. The molecule has 0 saturated carbocycles. The molecule has 3 fully saturated rings. The van der Waals surface area contributed by atoms with E-state index in [-0.39, 0.29) is 41.1 Å². The molecule has 4 amide bonds. The molecule has 0 spiro atoms. The fraction of sp³-hybridized carbons (Fsp3) is 0.581. The number of aromatic amines is 2. The number of amides is 4. The van der Waals surface area contributed by atoms with E-state index in [1.54, 1.807) is 0 Å². The summed E-state index contributed by atoms with van der Waals surface area (Å²) >= 11 is 0. The Hall–Kier alpha value is -5.18. The SMILES string of the molecule is COC(=O)N[C@H](C(=O)N1CCC[C@H]1c1ncc(-c2ccc(C3(C)CC=C(c4cnc([C@@H]5CCCN5C(=O)[C@@H](NC(=O)OC)C5CCOCC5)[nH]4)CC3)cc2)[nH]1)C(C)C. The summed E-state index contributed by atoms with van der Waals surface area (Å²) in [6.07, 6.45) is 12.3. The molecule has 1 unspecified atom stereocenters. The molecule has 0 bridgehead atoms. The van der Waals surface area contributed by atoms with Crippen LogP contribution in [0.1, 0.15) is 114 Å². The van der Waals surface area contributed by atoms with E-state index >= 15 is 0 Å². The van der Waals surface area contributed by atoms with Gasteiger partial charge in [0.15, 0.2) is 0 Å². The Labute approximate surface area is 340 Å². The number of benzene rings is 1. The van der Waals surface area contributed by atoms with E-state index in [9.17, 15) is 19.2 Å². The fourth-order valence-corrected chi connectivity index (χ4v) is 9.15. The van der Waals surface area contributed by atoms with E-state index in [0.29, 0.717) is 39.1 Å². The fourth-order valence-electron chi connectivity index (χ4n) is 9.15. The first-order valence-corrected chi connectivity index (χ1v) is 20.8. The number of hydrogen-bond donors (Lipinski definition) is 4. The Balaban J connectivity index is 0.989. The van der Waals surface area contributed by atoms with Crippen LogP contribution in [0.25, 0.3) is 16.8 Å². The number of alkyl carbamates (subject to hydrolysis) is 2. The second-order valence-corrected chi connectivity index (χ2v) is 16.7. The molecule has 3 aliphatic heterocycles. The first-order valence-electron chi connectivity index (χ1n) is 20.8. The van der Waals surface area contributed by atoms with Gasteiger partial charge in [0.05, 0.1) is 50.1 Å². The molecule has 4 aliphatic rings. The van der Waals surface area contributed by atoms with Crippen molar-refractivity contribution in [2.75, 3.05) is 40.5 Å². The lowest BCUT2D eigenvalue weighted by Crippen LogP contribution is -2.53. The van der Waals surface area contributed by atoms with Gasteiger partial charge in [0.2, 0.25) is 11.8 Å². The van der Waals surface area contributed by atoms with Crippen molar-refractivity contribution in [3.05, 3.63) is 65.6 Å². The highest BCUT2D eigenvalue weighted by atomic mass is 16.5. The van der Waals surface area contributed by atoms with E-state index in [0.717, 1.165) is 73.5 Å². The van der Waals surface area contributed by atoms with Crippen molar-refractivity contribution < 1.29 is 33.4 Å². The third-order valence-corrected chi connectivity index (χ3v) is 12.7. The van der Waals surface area contributed by atoms with Gasteiger partial charge in [-0.2, -0.15) is 0 Å². The largest absolute Gasteiger partial charge is 0.453 e. The smallest absolute Gasteiger partial charge is 0.407 e. The zero-order valence-electron chi connectivity index (χ0n) is 34.3. The monoisotopic (exact) mass is 798 g/mol. The lowest BCUT2D eigenvalue weighted by atomic mass is 9.71. The summed E-state index contributed by atoms with van der Waals surface area (Å²) in [5.41, 5.74) is 5.34. The molecule has 312 valence electrons. The molecule has 58 heavy (non-hydrogen) atoms. The van der Waals surface area contributed by atoms with Crippen LogP contribution in [0.2, 0.25) is 0 Å². The van der Waals surface area contributed by atoms with Crippen molar-refractivity contribution in [2.24, 2.45) is 11.8 Å². The Kier molecular flexibility index (Phi) is 12.5. The van der Waals surface area contributed by atoms with E-state index in [2.05, 4.69) is 57.9 Å². The van der Waals surface area contributed by atoms with Crippen molar-refractivity contribution in [3.8, 4) is 11.3 Å².